The molecule has 6 rings (SSSR count). The van der Waals surface area contributed by atoms with Gasteiger partial charge in [0.05, 0.1) is 0 Å². The van der Waals surface area contributed by atoms with Crippen molar-refractivity contribution in [2.75, 3.05) is 0 Å². The molecule has 0 radical (unpaired) electrons. The molecule has 1 N–H and O–H groups in total. The van der Waals surface area contributed by atoms with Crippen molar-refractivity contribution in [1.82, 2.24) is 4.98 Å². The molecule has 0 atom stereocenters. The van der Waals surface area contributed by atoms with Crippen LogP contribution in [0.15, 0.2) is 83.3 Å². The Bertz CT molecular complexity index is 1550. The van der Waals surface area contributed by atoms with Crippen molar-refractivity contribution in [3.8, 4) is 11.1 Å². The van der Waals surface area contributed by atoms with Crippen molar-refractivity contribution in [1.29, 1.82) is 0 Å². The van der Waals surface area contributed by atoms with E-state index < -0.39 is 0 Å². The van der Waals surface area contributed by atoms with Crippen LogP contribution in [-0.4, -0.2) is 4.98 Å². The standard InChI is InChI=1S/C28H23NO/c1-17(2)14-18-10-12-25-23(15-18)24-16-19(11-13-26(24)29-25)20-7-5-8-22-21-6-3-4-9-27(21)30-28(20)22/h3-13,15-17,29H,14H2,1-2H3. The lowest BCUT2D eigenvalue weighted by molar-refractivity contribution is 0.648. The van der Waals surface area contributed by atoms with Gasteiger partial charge in [-0.15, -0.1) is 0 Å². The van der Waals surface area contributed by atoms with E-state index in [9.17, 15) is 0 Å². The van der Waals surface area contributed by atoms with Crippen LogP contribution in [0.1, 0.15) is 19.4 Å². The Morgan fingerprint density at radius 2 is 1.50 bits per heavy atom. The molecule has 6 aromatic rings. The molecule has 0 spiro atoms. The van der Waals surface area contributed by atoms with Crippen LogP contribution in [0.5, 0.6) is 0 Å². The van der Waals surface area contributed by atoms with Crippen LogP contribution in [0.25, 0.3) is 54.9 Å². The maximum atomic E-state index is 6.27. The highest BCUT2D eigenvalue weighted by molar-refractivity contribution is 6.12. The zero-order valence-corrected chi connectivity index (χ0v) is 17.2. The second-order valence-electron chi connectivity index (χ2n) is 8.64. The van der Waals surface area contributed by atoms with E-state index in [1.165, 1.54) is 43.7 Å². The molecule has 2 aromatic heterocycles. The van der Waals surface area contributed by atoms with E-state index in [1.807, 2.05) is 12.1 Å². The molecule has 2 nitrogen and oxygen atoms in total. The summed E-state index contributed by atoms with van der Waals surface area (Å²) in [5, 5.41) is 4.89. The molecule has 0 aliphatic heterocycles. The van der Waals surface area contributed by atoms with E-state index in [4.69, 9.17) is 4.42 Å². The summed E-state index contributed by atoms with van der Waals surface area (Å²) in [4.78, 5) is 3.57. The number of hydrogen-bond donors (Lipinski definition) is 1. The molecule has 0 unspecified atom stereocenters. The van der Waals surface area contributed by atoms with Crippen LogP contribution in [-0.2, 0) is 6.42 Å². The summed E-state index contributed by atoms with van der Waals surface area (Å²) in [5.41, 5.74) is 7.97. The van der Waals surface area contributed by atoms with Gasteiger partial charge in [0, 0.05) is 38.1 Å². The first-order chi connectivity index (χ1) is 14.7. The molecular weight excluding hydrogens is 366 g/mol. The predicted molar refractivity (Wildman–Crippen MR) is 127 cm³/mol. The first-order valence-electron chi connectivity index (χ1n) is 10.6. The molecule has 0 saturated carbocycles. The summed E-state index contributed by atoms with van der Waals surface area (Å²) in [6.07, 6.45) is 1.10. The average molecular weight is 389 g/mol. The molecule has 0 amide bonds. The fourth-order valence-corrected chi connectivity index (χ4v) is 4.68. The quantitative estimate of drug-likeness (QED) is 0.325. The van der Waals surface area contributed by atoms with Crippen LogP contribution in [0.2, 0.25) is 0 Å². The molecule has 146 valence electrons. The van der Waals surface area contributed by atoms with E-state index in [-0.39, 0.29) is 0 Å². The third-order valence-electron chi connectivity index (χ3n) is 6.02. The summed E-state index contributed by atoms with van der Waals surface area (Å²) < 4.78 is 6.27. The SMILES string of the molecule is CC(C)Cc1ccc2[nH]c3ccc(-c4cccc5c4oc4ccccc45)cc3c2c1. The number of aromatic amines is 1. The number of furan rings is 1. The largest absolute Gasteiger partial charge is 0.455 e. The van der Waals surface area contributed by atoms with Crippen LogP contribution in [0.4, 0.5) is 0 Å². The number of rotatable bonds is 3. The van der Waals surface area contributed by atoms with Gasteiger partial charge in [-0.2, -0.15) is 0 Å². The van der Waals surface area contributed by atoms with Gasteiger partial charge in [0.15, 0.2) is 0 Å². The van der Waals surface area contributed by atoms with Crippen LogP contribution in [0.3, 0.4) is 0 Å². The van der Waals surface area contributed by atoms with Crippen LogP contribution >= 0.6 is 0 Å². The van der Waals surface area contributed by atoms with E-state index in [0.29, 0.717) is 5.92 Å². The first-order valence-corrected chi connectivity index (χ1v) is 10.6. The molecule has 0 aliphatic rings. The van der Waals surface area contributed by atoms with E-state index >= 15 is 0 Å². The molecule has 4 aromatic carbocycles. The molecule has 2 heteroatoms. The number of nitrogens with one attached hydrogen (secondary N) is 1. The van der Waals surface area contributed by atoms with E-state index in [1.54, 1.807) is 0 Å². The van der Waals surface area contributed by atoms with E-state index in [0.717, 1.165) is 23.2 Å². The minimum absolute atomic E-state index is 0.647. The minimum atomic E-state index is 0.647. The second-order valence-corrected chi connectivity index (χ2v) is 8.64. The summed E-state index contributed by atoms with van der Waals surface area (Å²) >= 11 is 0. The van der Waals surface area contributed by atoms with Gasteiger partial charge in [-0.05, 0) is 53.8 Å². The Balaban J connectivity index is 1.58. The maximum Gasteiger partial charge on any atom is 0.143 e. The highest BCUT2D eigenvalue weighted by Gasteiger charge is 2.13. The number of para-hydroxylation sites is 2. The van der Waals surface area contributed by atoms with Crippen molar-refractivity contribution >= 4 is 43.7 Å². The van der Waals surface area contributed by atoms with Crippen LogP contribution < -0.4 is 0 Å². The fraction of sp³-hybridized carbons (Fsp3) is 0.143. The Hall–Kier alpha value is -3.52. The Morgan fingerprint density at radius 1 is 0.733 bits per heavy atom. The molecule has 2 heterocycles. The molecule has 0 fully saturated rings. The molecular formula is C28H23NO. The molecule has 0 saturated heterocycles. The average Bonchev–Trinajstić information content (AvgIpc) is 3.31. The van der Waals surface area contributed by atoms with E-state index in [2.05, 4.69) is 85.6 Å². The van der Waals surface area contributed by atoms with Gasteiger partial charge < -0.3 is 9.40 Å². The summed E-state index contributed by atoms with van der Waals surface area (Å²) in [6, 6.07) is 28.2. The smallest absolute Gasteiger partial charge is 0.143 e. The van der Waals surface area contributed by atoms with Gasteiger partial charge in [-0.3, -0.25) is 0 Å². The highest BCUT2D eigenvalue weighted by Crippen LogP contribution is 2.37. The topological polar surface area (TPSA) is 28.9 Å². The number of benzene rings is 4. The Labute approximate surface area is 175 Å². The van der Waals surface area contributed by atoms with Crippen LogP contribution in [0, 0.1) is 5.92 Å². The van der Waals surface area contributed by atoms with Crippen molar-refractivity contribution in [2.24, 2.45) is 5.92 Å². The normalized spacial score (nSPS) is 12.1. The second kappa shape index (κ2) is 6.50. The summed E-state index contributed by atoms with van der Waals surface area (Å²) in [5.74, 6) is 0.647. The van der Waals surface area contributed by atoms with Crippen molar-refractivity contribution < 1.29 is 4.42 Å². The molecule has 30 heavy (non-hydrogen) atoms. The van der Waals surface area contributed by atoms with Gasteiger partial charge in [0.1, 0.15) is 11.2 Å². The number of aromatic nitrogens is 1. The Kier molecular flexibility index (Phi) is 3.76. The third-order valence-corrected chi connectivity index (χ3v) is 6.02. The van der Waals surface area contributed by atoms with Gasteiger partial charge in [0.25, 0.3) is 0 Å². The first kappa shape index (κ1) is 17.3. The summed E-state index contributed by atoms with van der Waals surface area (Å²) in [7, 11) is 0. The zero-order chi connectivity index (χ0) is 20.2. The fourth-order valence-electron chi connectivity index (χ4n) is 4.68. The van der Waals surface area contributed by atoms with Gasteiger partial charge in [-0.1, -0.05) is 62.4 Å². The van der Waals surface area contributed by atoms with Gasteiger partial charge in [-0.25, -0.2) is 0 Å². The summed E-state index contributed by atoms with van der Waals surface area (Å²) in [6.45, 7) is 4.54. The van der Waals surface area contributed by atoms with Crippen molar-refractivity contribution in [3.63, 3.8) is 0 Å². The van der Waals surface area contributed by atoms with Gasteiger partial charge in [0.2, 0.25) is 0 Å². The van der Waals surface area contributed by atoms with Crippen molar-refractivity contribution in [3.05, 3.63) is 84.4 Å². The number of H-pyrrole nitrogens is 1. The molecule has 0 bridgehead atoms. The lowest BCUT2D eigenvalue weighted by Gasteiger charge is -2.05. The lowest BCUT2D eigenvalue weighted by atomic mass is 9.98. The third kappa shape index (κ3) is 2.64. The highest BCUT2D eigenvalue weighted by atomic mass is 16.3. The number of fused-ring (bicyclic) bond motifs is 6. The lowest BCUT2D eigenvalue weighted by Crippen LogP contribution is -1.93. The van der Waals surface area contributed by atoms with Crippen molar-refractivity contribution in [2.45, 2.75) is 20.3 Å². The predicted octanol–water partition coefficient (Wildman–Crippen LogP) is 8.09. The minimum Gasteiger partial charge on any atom is -0.455 e. The number of hydrogen-bond acceptors (Lipinski definition) is 1. The monoisotopic (exact) mass is 389 g/mol. The Morgan fingerprint density at radius 3 is 2.37 bits per heavy atom. The zero-order valence-electron chi connectivity index (χ0n) is 17.2. The maximum absolute atomic E-state index is 6.27. The molecule has 0 aliphatic carbocycles. The van der Waals surface area contributed by atoms with Gasteiger partial charge >= 0.3 is 0 Å².